The lowest BCUT2D eigenvalue weighted by Gasteiger charge is -2.06. The van der Waals surface area contributed by atoms with Gasteiger partial charge in [-0.05, 0) is 35.0 Å². The molecule has 0 radical (unpaired) electrons. The van der Waals surface area contributed by atoms with E-state index >= 15 is 0 Å². The van der Waals surface area contributed by atoms with Gasteiger partial charge in [0, 0.05) is 10.0 Å². The van der Waals surface area contributed by atoms with Crippen LogP contribution in [-0.4, -0.2) is 7.11 Å². The summed E-state index contributed by atoms with van der Waals surface area (Å²) in [5.74, 6) is 0.745. The van der Waals surface area contributed by atoms with Crippen molar-refractivity contribution < 1.29 is 4.74 Å². The molecule has 0 aliphatic rings. The van der Waals surface area contributed by atoms with E-state index in [0.717, 1.165) is 15.8 Å². The van der Waals surface area contributed by atoms with Crippen molar-refractivity contribution >= 4 is 15.9 Å². The number of rotatable bonds is 1. The summed E-state index contributed by atoms with van der Waals surface area (Å²) in [5.41, 5.74) is 1.50. The molecule has 2 nitrogen and oxygen atoms in total. The highest BCUT2D eigenvalue weighted by atomic mass is 79.9. The standard InChI is InChI=1S/C9H8BrNO/c1-6-7(5-11)8(10)3-4-9(6)12-2/h3-4H,1-2H3. The van der Waals surface area contributed by atoms with Crippen LogP contribution in [0.15, 0.2) is 16.6 Å². The Balaban J connectivity index is 3.36. The van der Waals surface area contributed by atoms with Gasteiger partial charge in [0.05, 0.1) is 12.7 Å². The summed E-state index contributed by atoms with van der Waals surface area (Å²) in [5, 5.41) is 8.78. The molecule has 0 aliphatic heterocycles. The Hall–Kier alpha value is -1.01. The summed E-state index contributed by atoms with van der Waals surface area (Å²) in [6, 6.07) is 5.75. The maximum Gasteiger partial charge on any atom is 0.123 e. The molecule has 62 valence electrons. The molecule has 0 bridgehead atoms. The van der Waals surface area contributed by atoms with E-state index in [4.69, 9.17) is 10.00 Å². The van der Waals surface area contributed by atoms with Crippen molar-refractivity contribution in [1.82, 2.24) is 0 Å². The van der Waals surface area contributed by atoms with Gasteiger partial charge in [-0.1, -0.05) is 0 Å². The number of ether oxygens (including phenoxy) is 1. The molecule has 0 amide bonds. The third-order valence-corrected chi connectivity index (χ3v) is 2.36. The van der Waals surface area contributed by atoms with Gasteiger partial charge in [-0.2, -0.15) is 5.26 Å². The molecule has 3 heteroatoms. The predicted octanol–water partition coefficient (Wildman–Crippen LogP) is 2.64. The molecule has 1 aromatic rings. The molecule has 0 saturated carbocycles. The average Bonchev–Trinajstić information content (AvgIpc) is 2.06. The van der Waals surface area contributed by atoms with Crippen LogP contribution in [0.25, 0.3) is 0 Å². The van der Waals surface area contributed by atoms with E-state index in [1.54, 1.807) is 7.11 Å². The van der Waals surface area contributed by atoms with Crippen LogP contribution in [0.5, 0.6) is 5.75 Å². The average molecular weight is 226 g/mol. The van der Waals surface area contributed by atoms with Crippen LogP contribution in [0.2, 0.25) is 0 Å². The van der Waals surface area contributed by atoms with Crippen molar-refractivity contribution in [3.05, 3.63) is 27.7 Å². The molecule has 0 spiro atoms. The number of methoxy groups -OCH3 is 1. The molecule has 1 aromatic carbocycles. The molecular weight excluding hydrogens is 218 g/mol. The van der Waals surface area contributed by atoms with Gasteiger partial charge in [0.15, 0.2) is 0 Å². The van der Waals surface area contributed by atoms with Gasteiger partial charge in [-0.25, -0.2) is 0 Å². The number of halogens is 1. The normalized spacial score (nSPS) is 9.17. The smallest absolute Gasteiger partial charge is 0.123 e. The highest BCUT2D eigenvalue weighted by Gasteiger charge is 2.07. The van der Waals surface area contributed by atoms with Gasteiger partial charge in [0.2, 0.25) is 0 Å². The lowest BCUT2D eigenvalue weighted by molar-refractivity contribution is 0.411. The second-order valence-electron chi connectivity index (χ2n) is 2.36. The van der Waals surface area contributed by atoms with Crippen LogP contribution in [0, 0.1) is 18.3 Å². The van der Waals surface area contributed by atoms with Gasteiger partial charge in [0.1, 0.15) is 11.8 Å². The van der Waals surface area contributed by atoms with Gasteiger partial charge in [-0.15, -0.1) is 0 Å². The van der Waals surface area contributed by atoms with E-state index in [1.807, 2.05) is 19.1 Å². The molecule has 0 atom stereocenters. The second kappa shape index (κ2) is 3.59. The van der Waals surface area contributed by atoms with Crippen LogP contribution in [-0.2, 0) is 0 Å². The van der Waals surface area contributed by atoms with Gasteiger partial charge >= 0.3 is 0 Å². The minimum atomic E-state index is 0.634. The summed E-state index contributed by atoms with van der Waals surface area (Å²) in [6.07, 6.45) is 0. The molecule has 0 N–H and O–H groups in total. The van der Waals surface area contributed by atoms with E-state index in [0.29, 0.717) is 5.56 Å². The van der Waals surface area contributed by atoms with Crippen molar-refractivity contribution in [2.24, 2.45) is 0 Å². The SMILES string of the molecule is COc1ccc(Br)c(C#N)c1C. The first-order valence-electron chi connectivity index (χ1n) is 3.44. The van der Waals surface area contributed by atoms with Gasteiger partial charge in [-0.3, -0.25) is 0 Å². The van der Waals surface area contributed by atoms with Crippen molar-refractivity contribution in [2.45, 2.75) is 6.92 Å². The quantitative estimate of drug-likeness (QED) is 0.737. The summed E-state index contributed by atoms with van der Waals surface area (Å²) in [7, 11) is 1.59. The summed E-state index contributed by atoms with van der Waals surface area (Å²) in [6.45, 7) is 1.86. The fourth-order valence-corrected chi connectivity index (χ4v) is 1.54. The molecule has 0 aromatic heterocycles. The highest BCUT2D eigenvalue weighted by molar-refractivity contribution is 9.10. The Kier molecular flexibility index (Phi) is 2.72. The van der Waals surface area contributed by atoms with Gasteiger partial charge in [0.25, 0.3) is 0 Å². The van der Waals surface area contributed by atoms with E-state index in [-0.39, 0.29) is 0 Å². The summed E-state index contributed by atoms with van der Waals surface area (Å²) in [4.78, 5) is 0. The molecule has 0 aliphatic carbocycles. The van der Waals surface area contributed by atoms with E-state index in [9.17, 15) is 0 Å². The first kappa shape index (κ1) is 9.08. The lowest BCUT2D eigenvalue weighted by atomic mass is 10.1. The van der Waals surface area contributed by atoms with Crippen LogP contribution in [0.3, 0.4) is 0 Å². The van der Waals surface area contributed by atoms with E-state index < -0.39 is 0 Å². The highest BCUT2D eigenvalue weighted by Crippen LogP contribution is 2.27. The monoisotopic (exact) mass is 225 g/mol. The third-order valence-electron chi connectivity index (χ3n) is 1.70. The maximum atomic E-state index is 8.78. The third kappa shape index (κ3) is 1.44. The summed E-state index contributed by atoms with van der Waals surface area (Å²) < 4.78 is 5.88. The van der Waals surface area contributed by atoms with Gasteiger partial charge < -0.3 is 4.74 Å². The van der Waals surface area contributed by atoms with Crippen molar-refractivity contribution in [3.63, 3.8) is 0 Å². The molecule has 0 fully saturated rings. The Morgan fingerprint density at radius 3 is 2.67 bits per heavy atom. The van der Waals surface area contributed by atoms with E-state index in [2.05, 4.69) is 22.0 Å². The van der Waals surface area contributed by atoms with Crippen LogP contribution in [0.1, 0.15) is 11.1 Å². The molecule has 0 saturated heterocycles. The first-order valence-corrected chi connectivity index (χ1v) is 4.23. The molecule has 12 heavy (non-hydrogen) atoms. The van der Waals surface area contributed by atoms with Crippen LogP contribution in [0.4, 0.5) is 0 Å². The van der Waals surface area contributed by atoms with Crippen molar-refractivity contribution in [2.75, 3.05) is 7.11 Å². The zero-order valence-electron chi connectivity index (χ0n) is 6.89. The number of benzene rings is 1. The maximum absolute atomic E-state index is 8.78. The number of hydrogen-bond acceptors (Lipinski definition) is 2. The Morgan fingerprint density at radius 1 is 1.50 bits per heavy atom. The predicted molar refractivity (Wildman–Crippen MR) is 50.1 cm³/mol. The number of hydrogen-bond donors (Lipinski definition) is 0. The van der Waals surface area contributed by atoms with Crippen molar-refractivity contribution in [1.29, 1.82) is 5.26 Å². The number of nitriles is 1. The summed E-state index contributed by atoms with van der Waals surface area (Å²) >= 11 is 3.29. The molecule has 1 rings (SSSR count). The minimum Gasteiger partial charge on any atom is -0.496 e. The Morgan fingerprint density at radius 2 is 2.17 bits per heavy atom. The Bertz CT molecular complexity index is 341. The lowest BCUT2D eigenvalue weighted by Crippen LogP contribution is -1.91. The van der Waals surface area contributed by atoms with E-state index in [1.165, 1.54) is 0 Å². The largest absolute Gasteiger partial charge is 0.496 e. The second-order valence-corrected chi connectivity index (χ2v) is 3.22. The zero-order chi connectivity index (χ0) is 9.14. The van der Waals surface area contributed by atoms with Crippen LogP contribution >= 0.6 is 15.9 Å². The van der Waals surface area contributed by atoms with Crippen molar-refractivity contribution in [3.8, 4) is 11.8 Å². The first-order chi connectivity index (χ1) is 5.70. The topological polar surface area (TPSA) is 33.0 Å². The Labute approximate surface area is 79.9 Å². The molecular formula is C9H8BrNO. The fourth-order valence-electron chi connectivity index (χ4n) is 1.02. The molecule has 0 heterocycles. The molecule has 0 unspecified atom stereocenters. The fraction of sp³-hybridized carbons (Fsp3) is 0.222. The zero-order valence-corrected chi connectivity index (χ0v) is 8.47. The number of nitrogens with zero attached hydrogens (tertiary/aromatic N) is 1. The minimum absolute atomic E-state index is 0.634. The van der Waals surface area contributed by atoms with Crippen LogP contribution < -0.4 is 4.74 Å².